The molecule has 2 N–H and O–H groups in total. The molecular formula is C17H28N4OS. The SMILES string of the molecule is CCc1nc(CN2CCN(C(=O)C3(N)CCCCC3)CC2)cs1. The molecule has 5 nitrogen and oxygen atoms in total. The van der Waals surface area contributed by atoms with Gasteiger partial charge in [0.1, 0.15) is 0 Å². The van der Waals surface area contributed by atoms with Crippen molar-refractivity contribution in [3.05, 3.63) is 16.1 Å². The van der Waals surface area contributed by atoms with Crippen LogP contribution in [0.3, 0.4) is 0 Å². The van der Waals surface area contributed by atoms with E-state index in [9.17, 15) is 4.79 Å². The van der Waals surface area contributed by atoms with Gasteiger partial charge in [0.2, 0.25) is 5.91 Å². The first-order valence-electron chi connectivity index (χ1n) is 8.84. The molecular weight excluding hydrogens is 308 g/mol. The normalized spacial score (nSPS) is 22.3. The number of thiazole rings is 1. The van der Waals surface area contributed by atoms with Crippen LogP contribution in [0, 0.1) is 0 Å². The molecule has 0 bridgehead atoms. The maximum absolute atomic E-state index is 12.8. The average molecular weight is 337 g/mol. The van der Waals surface area contributed by atoms with Crippen LogP contribution in [0.25, 0.3) is 0 Å². The summed E-state index contributed by atoms with van der Waals surface area (Å²) in [4.78, 5) is 21.8. The van der Waals surface area contributed by atoms with E-state index >= 15 is 0 Å². The van der Waals surface area contributed by atoms with Gasteiger partial charge in [-0.3, -0.25) is 9.69 Å². The van der Waals surface area contributed by atoms with Gasteiger partial charge >= 0.3 is 0 Å². The Hall–Kier alpha value is -0.980. The number of hydrogen-bond acceptors (Lipinski definition) is 5. The number of hydrogen-bond donors (Lipinski definition) is 1. The fraction of sp³-hybridized carbons (Fsp3) is 0.765. The van der Waals surface area contributed by atoms with E-state index in [1.54, 1.807) is 11.3 Å². The van der Waals surface area contributed by atoms with Crippen LogP contribution >= 0.6 is 11.3 Å². The van der Waals surface area contributed by atoms with Crippen molar-refractivity contribution in [1.29, 1.82) is 0 Å². The zero-order valence-electron chi connectivity index (χ0n) is 14.1. The van der Waals surface area contributed by atoms with Gasteiger partial charge in [-0.15, -0.1) is 11.3 Å². The van der Waals surface area contributed by atoms with Gasteiger partial charge in [-0.2, -0.15) is 0 Å². The van der Waals surface area contributed by atoms with E-state index in [0.717, 1.165) is 70.5 Å². The lowest BCUT2D eigenvalue weighted by atomic mass is 9.81. The van der Waals surface area contributed by atoms with Crippen molar-refractivity contribution in [2.24, 2.45) is 5.73 Å². The summed E-state index contributed by atoms with van der Waals surface area (Å²) in [7, 11) is 0. The minimum Gasteiger partial charge on any atom is -0.339 e. The number of carbonyl (C=O) groups is 1. The summed E-state index contributed by atoms with van der Waals surface area (Å²) < 4.78 is 0. The van der Waals surface area contributed by atoms with Gasteiger partial charge < -0.3 is 10.6 Å². The lowest BCUT2D eigenvalue weighted by molar-refractivity contribution is -0.140. The number of carbonyl (C=O) groups excluding carboxylic acids is 1. The standard InChI is InChI=1S/C17H28N4OS/c1-2-15-19-14(13-23-15)12-20-8-10-21(11-9-20)16(22)17(18)6-4-3-5-7-17/h13H,2-12,18H2,1H3. The summed E-state index contributed by atoms with van der Waals surface area (Å²) in [6.45, 7) is 6.46. The first-order chi connectivity index (χ1) is 11.1. The van der Waals surface area contributed by atoms with E-state index in [0.29, 0.717) is 0 Å². The smallest absolute Gasteiger partial charge is 0.242 e. The number of nitrogens with zero attached hydrogens (tertiary/aromatic N) is 3. The minimum absolute atomic E-state index is 0.179. The van der Waals surface area contributed by atoms with Crippen LogP contribution in [-0.2, 0) is 17.8 Å². The van der Waals surface area contributed by atoms with E-state index in [4.69, 9.17) is 5.73 Å². The number of nitrogens with two attached hydrogens (primary N) is 1. The second-order valence-corrected chi connectivity index (χ2v) is 7.81. The minimum atomic E-state index is -0.592. The molecule has 1 aromatic heterocycles. The van der Waals surface area contributed by atoms with Gasteiger partial charge in [0.05, 0.1) is 16.2 Å². The third-order valence-corrected chi connectivity index (χ3v) is 6.16. The third-order valence-electron chi connectivity index (χ3n) is 5.12. The van der Waals surface area contributed by atoms with Gasteiger partial charge in [-0.1, -0.05) is 26.2 Å². The van der Waals surface area contributed by atoms with Crippen LogP contribution in [0.2, 0.25) is 0 Å². The molecule has 1 aliphatic heterocycles. The van der Waals surface area contributed by atoms with Gasteiger partial charge in [0.15, 0.2) is 0 Å². The molecule has 128 valence electrons. The first kappa shape index (κ1) is 16.9. The predicted octanol–water partition coefficient (Wildman–Crippen LogP) is 2.01. The highest BCUT2D eigenvalue weighted by Crippen LogP contribution is 2.28. The molecule has 23 heavy (non-hydrogen) atoms. The van der Waals surface area contributed by atoms with Crippen molar-refractivity contribution in [1.82, 2.24) is 14.8 Å². The zero-order valence-corrected chi connectivity index (χ0v) is 14.9. The van der Waals surface area contributed by atoms with Gasteiger partial charge in [-0.25, -0.2) is 4.98 Å². The van der Waals surface area contributed by atoms with E-state index in [-0.39, 0.29) is 5.91 Å². The molecule has 1 saturated carbocycles. The maximum Gasteiger partial charge on any atom is 0.242 e. The maximum atomic E-state index is 12.8. The molecule has 0 radical (unpaired) electrons. The molecule has 6 heteroatoms. The Morgan fingerprint density at radius 3 is 2.57 bits per heavy atom. The summed E-state index contributed by atoms with van der Waals surface area (Å²) >= 11 is 1.74. The van der Waals surface area contributed by atoms with Crippen LogP contribution in [0.5, 0.6) is 0 Å². The summed E-state index contributed by atoms with van der Waals surface area (Å²) in [6.07, 6.45) is 6.10. The fourth-order valence-corrected chi connectivity index (χ4v) is 4.37. The van der Waals surface area contributed by atoms with Crippen molar-refractivity contribution >= 4 is 17.2 Å². The summed E-state index contributed by atoms with van der Waals surface area (Å²) in [5, 5.41) is 3.36. The largest absolute Gasteiger partial charge is 0.339 e. The van der Waals surface area contributed by atoms with E-state index in [1.807, 2.05) is 4.90 Å². The van der Waals surface area contributed by atoms with Crippen LogP contribution in [0.15, 0.2) is 5.38 Å². The quantitative estimate of drug-likeness (QED) is 0.914. The molecule has 0 aromatic carbocycles. The van der Waals surface area contributed by atoms with Crippen LogP contribution < -0.4 is 5.73 Å². The molecule has 1 aliphatic carbocycles. The Kier molecular flexibility index (Phi) is 5.34. The lowest BCUT2D eigenvalue weighted by Crippen LogP contribution is -2.60. The molecule has 2 aliphatic rings. The highest BCUT2D eigenvalue weighted by Gasteiger charge is 2.39. The molecule has 0 atom stereocenters. The summed E-state index contributed by atoms with van der Waals surface area (Å²) in [5.74, 6) is 0.179. The predicted molar refractivity (Wildman–Crippen MR) is 93.4 cm³/mol. The Balaban J connectivity index is 1.50. The summed E-state index contributed by atoms with van der Waals surface area (Å²) in [5.41, 5.74) is 6.97. The second kappa shape index (κ2) is 7.28. The highest BCUT2D eigenvalue weighted by atomic mass is 32.1. The van der Waals surface area contributed by atoms with Crippen LogP contribution in [0.1, 0.15) is 49.7 Å². The molecule has 1 amide bonds. The molecule has 1 saturated heterocycles. The van der Waals surface area contributed by atoms with Crippen LogP contribution in [0.4, 0.5) is 0 Å². The van der Waals surface area contributed by atoms with Crippen molar-refractivity contribution in [3.63, 3.8) is 0 Å². The molecule has 2 fully saturated rings. The molecule has 1 aromatic rings. The van der Waals surface area contributed by atoms with E-state index in [1.165, 1.54) is 11.4 Å². The second-order valence-electron chi connectivity index (χ2n) is 6.87. The van der Waals surface area contributed by atoms with Gasteiger partial charge in [-0.05, 0) is 19.3 Å². The molecule has 3 rings (SSSR count). The number of rotatable bonds is 4. The third kappa shape index (κ3) is 3.92. The monoisotopic (exact) mass is 336 g/mol. The lowest BCUT2D eigenvalue weighted by Gasteiger charge is -2.40. The van der Waals surface area contributed by atoms with Crippen molar-refractivity contribution < 1.29 is 4.79 Å². The Bertz CT molecular complexity index is 530. The van der Waals surface area contributed by atoms with Crippen LogP contribution in [-0.4, -0.2) is 52.4 Å². The average Bonchev–Trinajstić information content (AvgIpc) is 3.03. The number of aryl methyl sites for hydroxylation is 1. The summed E-state index contributed by atoms with van der Waals surface area (Å²) in [6, 6.07) is 0. The first-order valence-corrected chi connectivity index (χ1v) is 9.72. The van der Waals surface area contributed by atoms with E-state index in [2.05, 4.69) is 22.2 Å². The number of amides is 1. The van der Waals surface area contributed by atoms with E-state index < -0.39 is 5.54 Å². The van der Waals surface area contributed by atoms with Crippen molar-refractivity contribution in [2.45, 2.75) is 57.5 Å². The Morgan fingerprint density at radius 1 is 1.26 bits per heavy atom. The topological polar surface area (TPSA) is 62.5 Å². The van der Waals surface area contributed by atoms with Gasteiger partial charge in [0.25, 0.3) is 0 Å². The zero-order chi connectivity index (χ0) is 16.3. The molecule has 0 unspecified atom stereocenters. The molecule has 0 spiro atoms. The Morgan fingerprint density at radius 2 is 1.96 bits per heavy atom. The Labute approximate surface area is 142 Å². The fourth-order valence-electron chi connectivity index (χ4n) is 3.63. The highest BCUT2D eigenvalue weighted by molar-refractivity contribution is 7.09. The van der Waals surface area contributed by atoms with Crippen molar-refractivity contribution in [3.8, 4) is 0 Å². The number of piperazine rings is 1. The van der Waals surface area contributed by atoms with Gasteiger partial charge in [0, 0.05) is 38.1 Å². The van der Waals surface area contributed by atoms with Crippen molar-refractivity contribution in [2.75, 3.05) is 26.2 Å². The number of aromatic nitrogens is 1. The molecule has 2 heterocycles.